The fourth-order valence-electron chi connectivity index (χ4n) is 2.19. The predicted molar refractivity (Wildman–Crippen MR) is 63.0 cm³/mol. The van der Waals surface area contributed by atoms with Crippen molar-refractivity contribution in [2.75, 3.05) is 13.2 Å². The van der Waals surface area contributed by atoms with E-state index < -0.39 is 0 Å². The van der Waals surface area contributed by atoms with Crippen molar-refractivity contribution in [3.05, 3.63) is 35.4 Å². The van der Waals surface area contributed by atoms with Gasteiger partial charge in [0.05, 0.1) is 11.5 Å². The van der Waals surface area contributed by atoms with E-state index in [1.165, 1.54) is 11.1 Å². The Bertz CT molecular complexity index is 382. The Kier molecular flexibility index (Phi) is 3.26. The van der Waals surface area contributed by atoms with Crippen LogP contribution in [-0.2, 0) is 11.2 Å². The molecule has 1 fully saturated rings. The van der Waals surface area contributed by atoms with Gasteiger partial charge in [-0.15, -0.1) is 0 Å². The lowest BCUT2D eigenvalue weighted by molar-refractivity contribution is 0.0406. The van der Waals surface area contributed by atoms with E-state index in [1.54, 1.807) is 0 Å². The van der Waals surface area contributed by atoms with E-state index >= 15 is 0 Å². The number of nitrogens with zero attached hydrogens (tertiary/aromatic N) is 1. The van der Waals surface area contributed by atoms with Gasteiger partial charge in [0.25, 0.3) is 0 Å². The molecule has 0 atom stereocenters. The summed E-state index contributed by atoms with van der Waals surface area (Å²) in [6.45, 7) is 3.52. The highest BCUT2D eigenvalue weighted by molar-refractivity contribution is 5.24. The summed E-state index contributed by atoms with van der Waals surface area (Å²) in [7, 11) is 0. The fraction of sp³-hybridized carbons (Fsp3) is 0.500. The molecular formula is C14H17NO. The van der Waals surface area contributed by atoms with Crippen LogP contribution in [0.15, 0.2) is 24.3 Å². The van der Waals surface area contributed by atoms with Gasteiger partial charge in [0.1, 0.15) is 0 Å². The van der Waals surface area contributed by atoms with Gasteiger partial charge in [-0.05, 0) is 31.7 Å². The Morgan fingerprint density at radius 3 is 2.44 bits per heavy atom. The van der Waals surface area contributed by atoms with Crippen molar-refractivity contribution in [2.45, 2.75) is 26.2 Å². The van der Waals surface area contributed by atoms with Gasteiger partial charge < -0.3 is 4.74 Å². The molecule has 16 heavy (non-hydrogen) atoms. The second-order valence-corrected chi connectivity index (χ2v) is 4.67. The number of hydrogen-bond donors (Lipinski definition) is 0. The van der Waals surface area contributed by atoms with E-state index in [1.807, 2.05) is 0 Å². The molecular weight excluding hydrogens is 198 g/mol. The molecule has 2 rings (SSSR count). The lowest BCUT2D eigenvalue weighted by Gasteiger charge is -2.30. The van der Waals surface area contributed by atoms with E-state index in [0.29, 0.717) is 0 Å². The molecule has 0 radical (unpaired) electrons. The topological polar surface area (TPSA) is 33.0 Å². The molecule has 2 heteroatoms. The van der Waals surface area contributed by atoms with Crippen LogP contribution in [0.25, 0.3) is 0 Å². The molecule has 84 valence electrons. The molecule has 0 N–H and O–H groups in total. The molecule has 1 heterocycles. The van der Waals surface area contributed by atoms with Crippen molar-refractivity contribution in [2.24, 2.45) is 5.41 Å². The summed E-state index contributed by atoms with van der Waals surface area (Å²) in [6, 6.07) is 11.0. The minimum atomic E-state index is -0.201. The number of hydrogen-bond acceptors (Lipinski definition) is 2. The average Bonchev–Trinajstić information content (AvgIpc) is 2.33. The molecule has 0 aliphatic carbocycles. The van der Waals surface area contributed by atoms with Crippen LogP contribution < -0.4 is 0 Å². The second-order valence-electron chi connectivity index (χ2n) is 4.67. The molecule has 0 unspecified atom stereocenters. The number of rotatable bonds is 2. The monoisotopic (exact) mass is 215 g/mol. The van der Waals surface area contributed by atoms with Crippen LogP contribution in [0.5, 0.6) is 0 Å². The van der Waals surface area contributed by atoms with Gasteiger partial charge in [-0.25, -0.2) is 0 Å². The number of aryl methyl sites for hydroxylation is 1. The third-order valence-electron chi connectivity index (χ3n) is 3.35. The third-order valence-corrected chi connectivity index (χ3v) is 3.35. The lowest BCUT2D eigenvalue weighted by Crippen LogP contribution is -2.30. The normalized spacial score (nSPS) is 19.0. The van der Waals surface area contributed by atoms with Crippen molar-refractivity contribution < 1.29 is 4.74 Å². The first-order valence-corrected chi connectivity index (χ1v) is 5.79. The van der Waals surface area contributed by atoms with Crippen molar-refractivity contribution in [1.29, 1.82) is 5.26 Å². The Labute approximate surface area is 96.9 Å². The Morgan fingerprint density at radius 2 is 1.88 bits per heavy atom. The van der Waals surface area contributed by atoms with Gasteiger partial charge in [-0.1, -0.05) is 29.8 Å². The van der Waals surface area contributed by atoms with Crippen LogP contribution in [0.2, 0.25) is 0 Å². The second kappa shape index (κ2) is 4.67. The molecule has 1 aliphatic rings. The zero-order valence-electron chi connectivity index (χ0n) is 9.70. The van der Waals surface area contributed by atoms with Crippen LogP contribution in [0, 0.1) is 23.7 Å². The highest BCUT2D eigenvalue weighted by Gasteiger charge is 2.32. The van der Waals surface area contributed by atoms with Crippen molar-refractivity contribution in [1.82, 2.24) is 0 Å². The molecule has 0 amide bonds. The summed E-state index contributed by atoms with van der Waals surface area (Å²) in [5, 5.41) is 9.35. The molecule has 1 aliphatic heterocycles. The quantitative estimate of drug-likeness (QED) is 0.760. The van der Waals surface area contributed by atoms with Gasteiger partial charge in [-0.2, -0.15) is 5.26 Å². The molecule has 0 aromatic heterocycles. The maximum absolute atomic E-state index is 9.35. The zero-order chi connectivity index (χ0) is 11.4. The van der Waals surface area contributed by atoms with Gasteiger partial charge in [0.2, 0.25) is 0 Å². The Balaban J connectivity index is 2.12. The van der Waals surface area contributed by atoms with Crippen molar-refractivity contribution in [3.8, 4) is 6.07 Å². The summed E-state index contributed by atoms with van der Waals surface area (Å²) < 4.78 is 5.33. The lowest BCUT2D eigenvalue weighted by atomic mass is 9.76. The van der Waals surface area contributed by atoms with Crippen LogP contribution in [0.4, 0.5) is 0 Å². The molecule has 1 aromatic carbocycles. The standard InChI is InChI=1S/C14H17NO/c1-12-2-4-13(5-3-12)10-14(11-15)6-8-16-9-7-14/h2-5H,6-10H2,1H3. The van der Waals surface area contributed by atoms with Crippen LogP contribution in [-0.4, -0.2) is 13.2 Å². The summed E-state index contributed by atoms with van der Waals surface area (Å²) in [6.07, 6.45) is 2.57. The third kappa shape index (κ3) is 2.43. The molecule has 1 aromatic rings. The largest absolute Gasteiger partial charge is 0.381 e. The first kappa shape index (κ1) is 11.2. The molecule has 0 spiro atoms. The minimum Gasteiger partial charge on any atom is -0.381 e. The van der Waals surface area contributed by atoms with Gasteiger partial charge in [-0.3, -0.25) is 0 Å². The predicted octanol–water partition coefficient (Wildman–Crippen LogP) is 2.86. The van der Waals surface area contributed by atoms with E-state index in [9.17, 15) is 5.26 Å². The SMILES string of the molecule is Cc1ccc(CC2(C#N)CCOCC2)cc1. The minimum absolute atomic E-state index is 0.201. The van der Waals surface area contributed by atoms with Crippen molar-refractivity contribution >= 4 is 0 Å². The summed E-state index contributed by atoms with van der Waals surface area (Å²) in [4.78, 5) is 0. The fourth-order valence-corrected chi connectivity index (χ4v) is 2.19. The summed E-state index contributed by atoms with van der Waals surface area (Å²) in [5.74, 6) is 0. The van der Waals surface area contributed by atoms with Gasteiger partial charge in [0.15, 0.2) is 0 Å². The van der Waals surface area contributed by atoms with Gasteiger partial charge in [0, 0.05) is 13.2 Å². The number of benzene rings is 1. The van der Waals surface area contributed by atoms with E-state index in [4.69, 9.17) is 4.74 Å². The highest BCUT2D eigenvalue weighted by Crippen LogP contribution is 2.33. The van der Waals surface area contributed by atoms with E-state index in [2.05, 4.69) is 37.3 Å². The maximum atomic E-state index is 9.35. The Morgan fingerprint density at radius 1 is 1.25 bits per heavy atom. The zero-order valence-corrected chi connectivity index (χ0v) is 9.70. The number of ether oxygens (including phenoxy) is 1. The van der Waals surface area contributed by atoms with Crippen molar-refractivity contribution in [3.63, 3.8) is 0 Å². The first-order chi connectivity index (χ1) is 7.74. The molecule has 0 bridgehead atoms. The molecule has 1 saturated heterocycles. The van der Waals surface area contributed by atoms with Crippen LogP contribution >= 0.6 is 0 Å². The van der Waals surface area contributed by atoms with E-state index in [-0.39, 0.29) is 5.41 Å². The highest BCUT2D eigenvalue weighted by atomic mass is 16.5. The number of nitriles is 1. The molecule has 0 saturated carbocycles. The van der Waals surface area contributed by atoms with Crippen LogP contribution in [0.3, 0.4) is 0 Å². The van der Waals surface area contributed by atoms with E-state index in [0.717, 1.165) is 32.5 Å². The summed E-state index contributed by atoms with van der Waals surface area (Å²) in [5.41, 5.74) is 2.32. The Hall–Kier alpha value is -1.33. The average molecular weight is 215 g/mol. The smallest absolute Gasteiger partial charge is 0.0695 e. The maximum Gasteiger partial charge on any atom is 0.0695 e. The first-order valence-electron chi connectivity index (χ1n) is 5.79. The van der Waals surface area contributed by atoms with Crippen LogP contribution in [0.1, 0.15) is 24.0 Å². The summed E-state index contributed by atoms with van der Waals surface area (Å²) >= 11 is 0. The molecule has 2 nitrogen and oxygen atoms in total. The van der Waals surface area contributed by atoms with Gasteiger partial charge >= 0.3 is 0 Å².